The molecule has 0 aromatic carbocycles. The number of hydroxylamine groups is 1. The van der Waals surface area contributed by atoms with Gasteiger partial charge in [0.2, 0.25) is 6.29 Å². The standard InChI is InChI=1S/C7H10F3NO4/c8-7(9,10)4-15-11-5(12)6-13-2-1-3-14-6/h6H,1-4H2,(H,11,12). The predicted molar refractivity (Wildman–Crippen MR) is 40.5 cm³/mol. The van der Waals surface area contributed by atoms with Crippen LogP contribution in [-0.2, 0) is 19.1 Å². The van der Waals surface area contributed by atoms with Gasteiger partial charge < -0.3 is 9.47 Å². The van der Waals surface area contributed by atoms with E-state index in [1.165, 1.54) is 0 Å². The van der Waals surface area contributed by atoms with Crippen molar-refractivity contribution < 1.29 is 32.3 Å². The number of ether oxygens (including phenoxy) is 2. The van der Waals surface area contributed by atoms with Crippen LogP contribution < -0.4 is 5.48 Å². The Morgan fingerprint density at radius 1 is 1.40 bits per heavy atom. The molecule has 1 aliphatic rings. The van der Waals surface area contributed by atoms with E-state index in [9.17, 15) is 18.0 Å². The monoisotopic (exact) mass is 229 g/mol. The molecule has 1 fully saturated rings. The molecule has 0 radical (unpaired) electrons. The van der Waals surface area contributed by atoms with E-state index in [0.717, 1.165) is 0 Å². The van der Waals surface area contributed by atoms with Crippen LogP contribution in [0.2, 0.25) is 0 Å². The molecular weight excluding hydrogens is 219 g/mol. The summed E-state index contributed by atoms with van der Waals surface area (Å²) in [5.41, 5.74) is 1.60. The number of halogens is 3. The van der Waals surface area contributed by atoms with Crippen LogP contribution in [0, 0.1) is 0 Å². The van der Waals surface area contributed by atoms with E-state index in [-0.39, 0.29) is 0 Å². The van der Waals surface area contributed by atoms with Crippen LogP contribution in [-0.4, -0.2) is 38.2 Å². The van der Waals surface area contributed by atoms with Gasteiger partial charge in [-0.1, -0.05) is 0 Å². The van der Waals surface area contributed by atoms with Gasteiger partial charge in [0.05, 0.1) is 13.2 Å². The second-order valence-corrected chi connectivity index (χ2v) is 2.80. The molecule has 0 atom stereocenters. The first-order valence-electron chi connectivity index (χ1n) is 4.20. The number of amides is 1. The van der Waals surface area contributed by atoms with Gasteiger partial charge in [-0.15, -0.1) is 0 Å². The van der Waals surface area contributed by atoms with Gasteiger partial charge in [0.15, 0.2) is 6.61 Å². The van der Waals surface area contributed by atoms with Gasteiger partial charge in [0.1, 0.15) is 0 Å². The summed E-state index contributed by atoms with van der Waals surface area (Å²) >= 11 is 0. The summed E-state index contributed by atoms with van der Waals surface area (Å²) in [5, 5.41) is 0. The van der Waals surface area contributed by atoms with E-state index in [1.807, 2.05) is 0 Å². The summed E-state index contributed by atoms with van der Waals surface area (Å²) in [6.45, 7) is -0.889. The Hall–Kier alpha value is -0.860. The molecule has 0 bridgehead atoms. The topological polar surface area (TPSA) is 56.8 Å². The van der Waals surface area contributed by atoms with Crippen LogP contribution >= 0.6 is 0 Å². The lowest BCUT2D eigenvalue weighted by Gasteiger charge is -2.21. The Balaban J connectivity index is 2.17. The minimum atomic E-state index is -4.48. The van der Waals surface area contributed by atoms with Crippen LogP contribution in [0.1, 0.15) is 6.42 Å². The second-order valence-electron chi connectivity index (χ2n) is 2.80. The molecule has 0 unspecified atom stereocenters. The first-order valence-corrected chi connectivity index (χ1v) is 4.20. The van der Waals surface area contributed by atoms with Crippen LogP contribution in [0.25, 0.3) is 0 Å². The largest absolute Gasteiger partial charge is 0.414 e. The van der Waals surface area contributed by atoms with Crippen molar-refractivity contribution in [3.63, 3.8) is 0 Å². The first kappa shape index (κ1) is 12.2. The summed E-state index contributed by atoms with van der Waals surface area (Å²) < 4.78 is 44.5. The first-order chi connectivity index (χ1) is 6.99. The molecular formula is C7H10F3NO4. The highest BCUT2D eigenvalue weighted by Crippen LogP contribution is 2.13. The van der Waals surface area contributed by atoms with E-state index in [1.54, 1.807) is 5.48 Å². The van der Waals surface area contributed by atoms with Gasteiger partial charge in [0, 0.05) is 0 Å². The number of hydrogen-bond donors (Lipinski definition) is 1. The third-order valence-corrected chi connectivity index (χ3v) is 1.45. The lowest BCUT2D eigenvalue weighted by Crippen LogP contribution is -2.42. The Labute approximate surface area is 83.4 Å². The highest BCUT2D eigenvalue weighted by atomic mass is 19.4. The molecule has 15 heavy (non-hydrogen) atoms. The molecule has 0 aliphatic carbocycles. The molecule has 88 valence electrons. The summed E-state index contributed by atoms with van der Waals surface area (Å²) in [6.07, 6.45) is -5.03. The summed E-state index contributed by atoms with van der Waals surface area (Å²) in [7, 11) is 0. The number of carbonyl (C=O) groups is 1. The van der Waals surface area contributed by atoms with Crippen LogP contribution in [0.4, 0.5) is 13.2 Å². The highest BCUT2D eigenvalue weighted by molar-refractivity contribution is 5.78. The van der Waals surface area contributed by atoms with Gasteiger partial charge >= 0.3 is 6.18 Å². The fourth-order valence-corrected chi connectivity index (χ4v) is 0.876. The van der Waals surface area contributed by atoms with E-state index >= 15 is 0 Å². The molecule has 1 rings (SSSR count). The number of hydrogen-bond acceptors (Lipinski definition) is 4. The van der Waals surface area contributed by atoms with Gasteiger partial charge in [-0.2, -0.15) is 13.2 Å². The van der Waals surface area contributed by atoms with Gasteiger partial charge in [-0.25, -0.2) is 5.48 Å². The fourth-order valence-electron chi connectivity index (χ4n) is 0.876. The van der Waals surface area contributed by atoms with E-state index in [0.29, 0.717) is 19.6 Å². The number of alkyl halides is 3. The van der Waals surface area contributed by atoms with Crippen molar-refractivity contribution in [2.75, 3.05) is 19.8 Å². The van der Waals surface area contributed by atoms with E-state index in [2.05, 4.69) is 4.84 Å². The average molecular weight is 229 g/mol. The lowest BCUT2D eigenvalue weighted by molar-refractivity contribution is -0.214. The van der Waals surface area contributed by atoms with Crippen molar-refractivity contribution in [1.29, 1.82) is 0 Å². The Bertz CT molecular complexity index is 215. The molecule has 8 heteroatoms. The molecule has 0 saturated carbocycles. The lowest BCUT2D eigenvalue weighted by atomic mass is 10.4. The van der Waals surface area contributed by atoms with E-state index < -0.39 is 25.0 Å². The normalized spacial score (nSPS) is 18.9. The fraction of sp³-hybridized carbons (Fsp3) is 0.857. The zero-order valence-corrected chi connectivity index (χ0v) is 7.67. The number of rotatable bonds is 3. The van der Waals surface area contributed by atoms with Crippen LogP contribution in [0.15, 0.2) is 0 Å². The average Bonchev–Trinajstić information content (AvgIpc) is 2.17. The summed E-state index contributed by atoms with van der Waals surface area (Å²) in [6, 6.07) is 0. The molecule has 5 nitrogen and oxygen atoms in total. The van der Waals surface area contributed by atoms with Gasteiger partial charge in [-0.3, -0.25) is 9.63 Å². The Morgan fingerprint density at radius 3 is 2.53 bits per heavy atom. The zero-order valence-electron chi connectivity index (χ0n) is 7.67. The Kier molecular flexibility index (Phi) is 4.30. The smallest absolute Gasteiger partial charge is 0.344 e. The molecule has 1 N–H and O–H groups in total. The van der Waals surface area contributed by atoms with Gasteiger partial charge in [-0.05, 0) is 6.42 Å². The molecule has 1 heterocycles. The molecule has 0 aromatic rings. The quantitative estimate of drug-likeness (QED) is 0.710. The van der Waals surface area contributed by atoms with Crippen molar-refractivity contribution in [2.24, 2.45) is 0 Å². The minimum absolute atomic E-state index is 0.331. The Morgan fingerprint density at radius 2 is 2.00 bits per heavy atom. The molecule has 0 spiro atoms. The molecule has 1 aliphatic heterocycles. The third kappa shape index (κ3) is 4.96. The molecule has 1 saturated heterocycles. The maximum absolute atomic E-state index is 11.6. The number of nitrogens with one attached hydrogen (secondary N) is 1. The SMILES string of the molecule is O=C(NOCC(F)(F)F)C1OCCCO1. The highest BCUT2D eigenvalue weighted by Gasteiger charge is 2.29. The zero-order chi connectivity index (χ0) is 11.3. The summed E-state index contributed by atoms with van der Waals surface area (Å²) in [4.78, 5) is 15.0. The maximum atomic E-state index is 11.6. The van der Waals surface area contributed by atoms with Crippen molar-refractivity contribution in [3.05, 3.63) is 0 Å². The second kappa shape index (κ2) is 5.29. The maximum Gasteiger partial charge on any atom is 0.414 e. The molecule has 0 aromatic heterocycles. The minimum Gasteiger partial charge on any atom is -0.344 e. The van der Waals surface area contributed by atoms with Crippen molar-refractivity contribution in [1.82, 2.24) is 5.48 Å². The summed E-state index contributed by atoms with van der Waals surface area (Å²) in [5.74, 6) is -0.876. The predicted octanol–water partition coefficient (Wildman–Crippen LogP) is 0.359. The van der Waals surface area contributed by atoms with E-state index in [4.69, 9.17) is 9.47 Å². The van der Waals surface area contributed by atoms with Crippen molar-refractivity contribution in [2.45, 2.75) is 18.9 Å². The molecule has 1 amide bonds. The van der Waals surface area contributed by atoms with Crippen LogP contribution in [0.3, 0.4) is 0 Å². The van der Waals surface area contributed by atoms with Gasteiger partial charge in [0.25, 0.3) is 5.91 Å². The van der Waals surface area contributed by atoms with Crippen LogP contribution in [0.5, 0.6) is 0 Å². The van der Waals surface area contributed by atoms with Crippen molar-refractivity contribution in [3.8, 4) is 0 Å². The van der Waals surface area contributed by atoms with Crippen molar-refractivity contribution >= 4 is 5.91 Å². The third-order valence-electron chi connectivity index (χ3n) is 1.45. The number of carbonyl (C=O) groups excluding carboxylic acids is 1.